The van der Waals surface area contributed by atoms with Crippen molar-refractivity contribution in [2.45, 2.75) is 26.2 Å². The van der Waals surface area contributed by atoms with Gasteiger partial charge in [-0.1, -0.05) is 18.2 Å². The maximum atomic E-state index is 12.1. The lowest BCUT2D eigenvalue weighted by Crippen LogP contribution is -2.13. The maximum absolute atomic E-state index is 12.1. The number of amides is 1. The minimum atomic E-state index is -0.0297. The van der Waals surface area contributed by atoms with Crippen molar-refractivity contribution in [1.82, 2.24) is 0 Å². The number of nitrogens with one attached hydrogen (secondary N) is 1. The molecule has 0 aliphatic carbocycles. The third-order valence-corrected chi connectivity index (χ3v) is 4.47. The van der Waals surface area contributed by atoms with E-state index >= 15 is 0 Å². The van der Waals surface area contributed by atoms with E-state index in [1.54, 1.807) is 11.3 Å². The number of anilines is 1. The summed E-state index contributed by atoms with van der Waals surface area (Å²) in [7, 11) is 0. The van der Waals surface area contributed by atoms with E-state index in [2.05, 4.69) is 30.4 Å². The van der Waals surface area contributed by atoms with Crippen LogP contribution in [0.4, 0.5) is 5.69 Å². The Kier molecular flexibility index (Phi) is 2.71. The predicted octanol–water partition coefficient (Wildman–Crippen LogP) is 3.64. The molecule has 2 heterocycles. The molecule has 1 atom stereocenters. The number of thiophene rings is 1. The Labute approximate surface area is 111 Å². The van der Waals surface area contributed by atoms with Crippen LogP contribution in [-0.2, 0) is 11.2 Å². The van der Waals surface area contributed by atoms with Crippen LogP contribution < -0.4 is 5.32 Å². The van der Waals surface area contributed by atoms with E-state index in [1.165, 1.54) is 9.75 Å². The Balaban J connectivity index is 1.95. The summed E-state index contributed by atoms with van der Waals surface area (Å²) in [5, 5.41) is 3.01. The van der Waals surface area contributed by atoms with Crippen molar-refractivity contribution in [3.8, 4) is 0 Å². The van der Waals surface area contributed by atoms with Gasteiger partial charge in [-0.15, -0.1) is 11.3 Å². The number of aryl methyl sites for hydroxylation is 2. The van der Waals surface area contributed by atoms with Gasteiger partial charge < -0.3 is 5.32 Å². The minimum absolute atomic E-state index is 0.0297. The third kappa shape index (κ3) is 1.85. The fraction of sp³-hybridized carbons (Fsp3) is 0.267. The first kappa shape index (κ1) is 11.5. The molecular formula is C15H15NOS. The number of carbonyl (C=O) groups is 1. The quantitative estimate of drug-likeness (QED) is 0.874. The van der Waals surface area contributed by atoms with Gasteiger partial charge in [0.2, 0.25) is 5.91 Å². The molecule has 1 aliphatic heterocycles. The van der Waals surface area contributed by atoms with Gasteiger partial charge in [0.1, 0.15) is 0 Å². The van der Waals surface area contributed by atoms with Crippen LogP contribution in [0.5, 0.6) is 0 Å². The molecule has 0 radical (unpaired) electrons. The van der Waals surface area contributed by atoms with Crippen molar-refractivity contribution in [2.24, 2.45) is 0 Å². The SMILES string of the molecule is Cc1ccc(CC2C(=O)Nc3c(C)cccc32)s1. The van der Waals surface area contributed by atoms with E-state index in [1.807, 2.05) is 19.1 Å². The van der Waals surface area contributed by atoms with Crippen LogP contribution in [0, 0.1) is 13.8 Å². The van der Waals surface area contributed by atoms with Crippen LogP contribution in [-0.4, -0.2) is 5.91 Å². The Morgan fingerprint density at radius 1 is 1.22 bits per heavy atom. The smallest absolute Gasteiger partial charge is 0.232 e. The highest BCUT2D eigenvalue weighted by Crippen LogP contribution is 2.37. The van der Waals surface area contributed by atoms with Gasteiger partial charge in [0.15, 0.2) is 0 Å². The Bertz CT molecular complexity index is 615. The molecule has 1 amide bonds. The molecule has 0 saturated carbocycles. The summed E-state index contributed by atoms with van der Waals surface area (Å²) in [5.41, 5.74) is 3.30. The van der Waals surface area contributed by atoms with Gasteiger partial charge in [0, 0.05) is 15.4 Å². The standard InChI is InChI=1S/C15H15NOS/c1-9-4-3-5-12-13(15(17)16-14(9)12)8-11-7-6-10(2)18-11/h3-7,13H,8H2,1-2H3,(H,16,17). The first-order valence-electron chi connectivity index (χ1n) is 6.11. The summed E-state index contributed by atoms with van der Waals surface area (Å²) in [4.78, 5) is 14.7. The van der Waals surface area contributed by atoms with Crippen molar-refractivity contribution >= 4 is 22.9 Å². The lowest BCUT2D eigenvalue weighted by Gasteiger charge is -2.07. The molecule has 3 heteroatoms. The van der Waals surface area contributed by atoms with E-state index < -0.39 is 0 Å². The van der Waals surface area contributed by atoms with Crippen LogP contribution in [0.25, 0.3) is 0 Å². The molecule has 92 valence electrons. The van der Waals surface area contributed by atoms with E-state index in [9.17, 15) is 4.79 Å². The Morgan fingerprint density at radius 2 is 2.06 bits per heavy atom. The largest absolute Gasteiger partial charge is 0.325 e. The molecular weight excluding hydrogens is 242 g/mol. The van der Waals surface area contributed by atoms with Gasteiger partial charge in [0.05, 0.1) is 5.92 Å². The maximum Gasteiger partial charge on any atom is 0.232 e. The fourth-order valence-electron chi connectivity index (χ4n) is 2.50. The highest BCUT2D eigenvalue weighted by atomic mass is 32.1. The zero-order valence-electron chi connectivity index (χ0n) is 10.5. The van der Waals surface area contributed by atoms with E-state index in [4.69, 9.17) is 0 Å². The van der Waals surface area contributed by atoms with Gasteiger partial charge in [0.25, 0.3) is 0 Å². The highest BCUT2D eigenvalue weighted by molar-refractivity contribution is 7.11. The molecule has 2 nitrogen and oxygen atoms in total. The summed E-state index contributed by atoms with van der Waals surface area (Å²) >= 11 is 1.78. The Morgan fingerprint density at radius 3 is 2.78 bits per heavy atom. The van der Waals surface area contributed by atoms with Gasteiger partial charge >= 0.3 is 0 Å². The molecule has 2 aromatic rings. The molecule has 0 spiro atoms. The topological polar surface area (TPSA) is 29.1 Å². The summed E-state index contributed by atoms with van der Waals surface area (Å²) in [5.74, 6) is 0.100. The number of hydrogen-bond donors (Lipinski definition) is 1. The normalized spacial score (nSPS) is 17.7. The van der Waals surface area contributed by atoms with Gasteiger partial charge in [-0.3, -0.25) is 4.79 Å². The molecule has 0 saturated heterocycles. The molecule has 3 rings (SSSR count). The highest BCUT2D eigenvalue weighted by Gasteiger charge is 2.31. The lowest BCUT2D eigenvalue weighted by atomic mass is 9.95. The number of benzene rings is 1. The van der Waals surface area contributed by atoms with Crippen molar-refractivity contribution < 1.29 is 4.79 Å². The first-order chi connectivity index (χ1) is 8.65. The number of fused-ring (bicyclic) bond motifs is 1. The summed E-state index contributed by atoms with van der Waals surface area (Å²) in [6.07, 6.45) is 0.806. The van der Waals surface area contributed by atoms with Gasteiger partial charge in [-0.25, -0.2) is 0 Å². The van der Waals surface area contributed by atoms with Crippen molar-refractivity contribution in [3.63, 3.8) is 0 Å². The molecule has 0 bridgehead atoms. The van der Waals surface area contributed by atoms with E-state index in [-0.39, 0.29) is 11.8 Å². The van der Waals surface area contributed by atoms with Crippen LogP contribution in [0.2, 0.25) is 0 Å². The fourth-order valence-corrected chi connectivity index (χ4v) is 3.44. The average Bonchev–Trinajstić information content (AvgIpc) is 2.87. The monoisotopic (exact) mass is 257 g/mol. The second-order valence-corrected chi connectivity index (χ2v) is 6.17. The molecule has 1 aliphatic rings. The second-order valence-electron chi connectivity index (χ2n) is 4.80. The van der Waals surface area contributed by atoms with E-state index in [0.29, 0.717) is 0 Å². The summed E-state index contributed by atoms with van der Waals surface area (Å²) < 4.78 is 0. The van der Waals surface area contributed by atoms with Crippen molar-refractivity contribution in [3.05, 3.63) is 51.2 Å². The predicted molar refractivity (Wildman–Crippen MR) is 75.3 cm³/mol. The second kappa shape index (κ2) is 4.25. The number of carbonyl (C=O) groups excluding carboxylic acids is 1. The van der Waals surface area contributed by atoms with Crippen molar-refractivity contribution in [2.75, 3.05) is 5.32 Å². The number of para-hydroxylation sites is 1. The molecule has 1 aromatic heterocycles. The van der Waals surface area contributed by atoms with Crippen molar-refractivity contribution in [1.29, 1.82) is 0 Å². The Hall–Kier alpha value is -1.61. The molecule has 0 fully saturated rings. The van der Waals surface area contributed by atoms with E-state index in [0.717, 1.165) is 23.2 Å². The molecule has 1 N–H and O–H groups in total. The average molecular weight is 257 g/mol. The zero-order valence-corrected chi connectivity index (χ0v) is 11.3. The van der Waals surface area contributed by atoms with Gasteiger partial charge in [-0.05, 0) is 43.5 Å². The van der Waals surface area contributed by atoms with Gasteiger partial charge in [-0.2, -0.15) is 0 Å². The minimum Gasteiger partial charge on any atom is -0.325 e. The van der Waals surface area contributed by atoms with Crippen LogP contribution in [0.1, 0.15) is 26.8 Å². The van der Waals surface area contributed by atoms with Crippen LogP contribution in [0.15, 0.2) is 30.3 Å². The summed E-state index contributed by atoms with van der Waals surface area (Å²) in [6, 6.07) is 10.4. The lowest BCUT2D eigenvalue weighted by molar-refractivity contribution is -0.117. The third-order valence-electron chi connectivity index (χ3n) is 3.45. The number of rotatable bonds is 2. The molecule has 1 unspecified atom stereocenters. The zero-order chi connectivity index (χ0) is 12.7. The number of hydrogen-bond acceptors (Lipinski definition) is 2. The summed E-state index contributed by atoms with van der Waals surface area (Å²) in [6.45, 7) is 4.14. The van der Waals surface area contributed by atoms with Crippen LogP contribution in [0.3, 0.4) is 0 Å². The molecule has 1 aromatic carbocycles. The first-order valence-corrected chi connectivity index (χ1v) is 6.92. The molecule has 18 heavy (non-hydrogen) atoms. The van der Waals surface area contributed by atoms with Crippen LogP contribution >= 0.6 is 11.3 Å².